The normalized spacial score (nSPS) is 11.2. The number of anilines is 1. The van der Waals surface area contributed by atoms with Gasteiger partial charge in [-0.1, -0.05) is 12.1 Å². The third-order valence-corrected chi connectivity index (χ3v) is 6.25. The lowest BCUT2D eigenvalue weighted by molar-refractivity contribution is -0.384. The van der Waals surface area contributed by atoms with Gasteiger partial charge in [-0.2, -0.15) is 4.31 Å². The molecule has 0 aliphatic rings. The monoisotopic (exact) mass is 456 g/mol. The molecule has 11 heteroatoms. The molecule has 1 amide bonds. The number of rotatable bonds is 9. The second-order valence-electron chi connectivity index (χ2n) is 6.66. The fraction of sp³-hybridized carbons (Fsp3) is 0.143. The van der Waals surface area contributed by atoms with Gasteiger partial charge < -0.3 is 10.1 Å². The number of non-ortho nitro benzene ring substituents is 1. The molecule has 32 heavy (non-hydrogen) atoms. The van der Waals surface area contributed by atoms with Gasteiger partial charge in [0.25, 0.3) is 5.69 Å². The molecular formula is C21H20N4O6S. The number of nitro benzene ring substituents is 1. The van der Waals surface area contributed by atoms with Crippen LogP contribution in [0.2, 0.25) is 0 Å². The SMILES string of the molecule is COc1ccc(CN(CC(=O)Nc2ccc([N+](=O)[O-])cc2)S(=O)(=O)c2cccnc2)cc1. The number of methoxy groups -OCH3 is 1. The van der Waals surface area contributed by atoms with Crippen LogP contribution in [0, 0.1) is 10.1 Å². The Labute approximate surface area is 184 Å². The summed E-state index contributed by atoms with van der Waals surface area (Å²) in [7, 11) is -2.51. The Morgan fingerprint density at radius 2 is 1.81 bits per heavy atom. The number of sulfonamides is 1. The Balaban J connectivity index is 1.82. The smallest absolute Gasteiger partial charge is 0.269 e. The number of pyridine rings is 1. The minimum absolute atomic E-state index is 0.0448. The van der Waals surface area contributed by atoms with Crippen LogP contribution in [0.5, 0.6) is 5.75 Å². The summed E-state index contributed by atoms with van der Waals surface area (Å²) in [5.41, 5.74) is 0.841. The van der Waals surface area contributed by atoms with Crippen LogP contribution in [0.25, 0.3) is 0 Å². The molecule has 1 N–H and O–H groups in total. The molecular weight excluding hydrogens is 436 g/mol. The van der Waals surface area contributed by atoms with Crippen molar-refractivity contribution >= 4 is 27.3 Å². The van der Waals surface area contributed by atoms with Crippen molar-refractivity contribution < 1.29 is 22.9 Å². The molecule has 3 aromatic rings. The maximum absolute atomic E-state index is 13.2. The first-order valence-corrected chi connectivity index (χ1v) is 10.8. The zero-order valence-corrected chi connectivity index (χ0v) is 17.9. The molecule has 0 radical (unpaired) electrons. The number of hydrogen-bond donors (Lipinski definition) is 1. The van der Waals surface area contributed by atoms with E-state index in [2.05, 4.69) is 10.3 Å². The Bertz CT molecular complexity index is 1180. The molecule has 0 saturated heterocycles. The van der Waals surface area contributed by atoms with Crippen LogP contribution >= 0.6 is 0 Å². The number of nitrogens with zero attached hydrogens (tertiary/aromatic N) is 3. The number of benzene rings is 2. The van der Waals surface area contributed by atoms with Gasteiger partial charge in [0, 0.05) is 36.8 Å². The molecule has 0 aliphatic carbocycles. The van der Waals surface area contributed by atoms with Crippen molar-refractivity contribution in [2.45, 2.75) is 11.4 Å². The highest BCUT2D eigenvalue weighted by Crippen LogP contribution is 2.20. The lowest BCUT2D eigenvalue weighted by atomic mass is 10.2. The zero-order valence-electron chi connectivity index (χ0n) is 17.0. The van der Waals surface area contributed by atoms with Crippen molar-refractivity contribution in [3.63, 3.8) is 0 Å². The number of nitro groups is 1. The summed E-state index contributed by atoms with van der Waals surface area (Å²) in [6.07, 6.45) is 2.67. The molecule has 0 bridgehead atoms. The van der Waals surface area contributed by atoms with Crippen molar-refractivity contribution in [3.05, 3.63) is 88.7 Å². The molecule has 1 heterocycles. The van der Waals surface area contributed by atoms with Crippen molar-refractivity contribution in [3.8, 4) is 5.75 Å². The highest BCUT2D eigenvalue weighted by atomic mass is 32.2. The molecule has 0 saturated carbocycles. The lowest BCUT2D eigenvalue weighted by Gasteiger charge is -2.22. The Morgan fingerprint density at radius 3 is 2.38 bits per heavy atom. The topological polar surface area (TPSA) is 132 Å². The van der Waals surface area contributed by atoms with Crippen LogP contribution in [-0.4, -0.2) is 42.2 Å². The molecule has 166 valence electrons. The lowest BCUT2D eigenvalue weighted by Crippen LogP contribution is -2.37. The van der Waals surface area contributed by atoms with E-state index < -0.39 is 27.4 Å². The molecule has 1 aromatic heterocycles. The highest BCUT2D eigenvalue weighted by molar-refractivity contribution is 7.89. The standard InChI is InChI=1S/C21H20N4O6S/c1-31-19-10-4-16(5-11-19)14-24(32(29,30)20-3-2-12-22-13-20)15-21(26)23-17-6-8-18(9-7-17)25(27)28/h2-13H,14-15H2,1H3,(H,23,26). The summed E-state index contributed by atoms with van der Waals surface area (Å²) in [6.45, 7) is -0.533. The van der Waals surface area contributed by atoms with Crippen LogP contribution in [0.3, 0.4) is 0 Å². The van der Waals surface area contributed by atoms with E-state index in [4.69, 9.17) is 4.74 Å². The molecule has 0 unspecified atom stereocenters. The zero-order chi connectivity index (χ0) is 23.1. The van der Waals surface area contributed by atoms with Crippen LogP contribution in [-0.2, 0) is 21.4 Å². The van der Waals surface area contributed by atoms with Crippen LogP contribution < -0.4 is 10.1 Å². The predicted octanol–water partition coefficient (Wildman–Crippen LogP) is 2.83. The molecule has 0 aliphatic heterocycles. The average Bonchev–Trinajstić information content (AvgIpc) is 2.80. The van der Waals surface area contributed by atoms with E-state index in [1.165, 1.54) is 55.9 Å². The largest absolute Gasteiger partial charge is 0.497 e. The van der Waals surface area contributed by atoms with E-state index in [1.807, 2.05) is 0 Å². The average molecular weight is 456 g/mol. The van der Waals surface area contributed by atoms with Crippen LogP contribution in [0.4, 0.5) is 11.4 Å². The number of carbonyl (C=O) groups is 1. The van der Waals surface area contributed by atoms with Crippen LogP contribution in [0.1, 0.15) is 5.56 Å². The molecule has 3 rings (SSSR count). The van der Waals surface area contributed by atoms with E-state index in [0.717, 1.165) is 4.31 Å². The maximum atomic E-state index is 13.2. The summed E-state index contributed by atoms with van der Waals surface area (Å²) in [4.78, 5) is 26.7. The third kappa shape index (κ3) is 5.65. The quantitative estimate of drug-likeness (QED) is 0.387. The summed E-state index contributed by atoms with van der Waals surface area (Å²) < 4.78 is 32.5. The van der Waals surface area contributed by atoms with Gasteiger partial charge in [0.05, 0.1) is 18.6 Å². The van der Waals surface area contributed by atoms with Gasteiger partial charge in [-0.05, 0) is 42.0 Å². The van der Waals surface area contributed by atoms with Gasteiger partial charge >= 0.3 is 0 Å². The minimum atomic E-state index is -4.03. The Hall–Kier alpha value is -3.83. The molecule has 10 nitrogen and oxygen atoms in total. The maximum Gasteiger partial charge on any atom is 0.269 e. The van der Waals surface area contributed by atoms with E-state index in [-0.39, 0.29) is 17.1 Å². The number of amides is 1. The number of hydrogen-bond acceptors (Lipinski definition) is 7. The second kappa shape index (κ2) is 9.98. The van der Waals surface area contributed by atoms with Crippen molar-refractivity contribution in [2.75, 3.05) is 19.0 Å². The first kappa shape index (κ1) is 22.8. The summed E-state index contributed by atoms with van der Waals surface area (Å²) in [5.74, 6) is 0.0196. The first-order valence-electron chi connectivity index (χ1n) is 9.37. The second-order valence-corrected chi connectivity index (χ2v) is 8.60. The summed E-state index contributed by atoms with van der Waals surface area (Å²) in [6, 6.07) is 14.9. The van der Waals surface area contributed by atoms with E-state index in [0.29, 0.717) is 17.0 Å². The number of nitrogens with one attached hydrogen (secondary N) is 1. The predicted molar refractivity (Wildman–Crippen MR) is 117 cm³/mol. The fourth-order valence-electron chi connectivity index (χ4n) is 2.84. The fourth-order valence-corrected chi connectivity index (χ4v) is 4.19. The summed E-state index contributed by atoms with van der Waals surface area (Å²) in [5, 5.41) is 13.3. The van der Waals surface area contributed by atoms with Gasteiger partial charge in [0.2, 0.25) is 15.9 Å². The first-order chi connectivity index (χ1) is 15.3. The molecule has 0 fully saturated rings. The van der Waals surface area contributed by atoms with Gasteiger partial charge in [-0.25, -0.2) is 8.42 Å². The molecule has 2 aromatic carbocycles. The van der Waals surface area contributed by atoms with Crippen molar-refractivity contribution in [1.82, 2.24) is 9.29 Å². The Morgan fingerprint density at radius 1 is 1.12 bits per heavy atom. The number of ether oxygens (including phenoxy) is 1. The van der Waals surface area contributed by atoms with Gasteiger partial charge in [0.1, 0.15) is 10.6 Å². The van der Waals surface area contributed by atoms with Gasteiger partial charge in [-0.3, -0.25) is 19.9 Å². The molecule has 0 atom stereocenters. The third-order valence-electron chi connectivity index (χ3n) is 4.47. The van der Waals surface area contributed by atoms with Gasteiger partial charge in [-0.15, -0.1) is 0 Å². The van der Waals surface area contributed by atoms with Gasteiger partial charge in [0.15, 0.2) is 0 Å². The van der Waals surface area contributed by atoms with E-state index >= 15 is 0 Å². The van der Waals surface area contributed by atoms with Crippen molar-refractivity contribution in [1.29, 1.82) is 0 Å². The van der Waals surface area contributed by atoms with Crippen LogP contribution in [0.15, 0.2) is 78.0 Å². The Kier molecular flexibility index (Phi) is 7.13. The van der Waals surface area contributed by atoms with Crippen molar-refractivity contribution in [2.24, 2.45) is 0 Å². The van der Waals surface area contributed by atoms with E-state index in [1.54, 1.807) is 24.3 Å². The highest BCUT2D eigenvalue weighted by Gasteiger charge is 2.27. The van der Waals surface area contributed by atoms with E-state index in [9.17, 15) is 23.3 Å². The number of aromatic nitrogens is 1. The minimum Gasteiger partial charge on any atom is -0.497 e. The summed E-state index contributed by atoms with van der Waals surface area (Å²) >= 11 is 0. The molecule has 0 spiro atoms. The number of carbonyl (C=O) groups excluding carboxylic acids is 1.